The van der Waals surface area contributed by atoms with Crippen LogP contribution in [0.15, 0.2) is 18.2 Å². The Bertz CT molecular complexity index is 337. The van der Waals surface area contributed by atoms with E-state index in [1.165, 1.54) is 6.07 Å². The van der Waals surface area contributed by atoms with Gasteiger partial charge in [0.2, 0.25) is 0 Å². The van der Waals surface area contributed by atoms with Crippen molar-refractivity contribution in [1.29, 1.82) is 0 Å². The number of benzene rings is 1. The highest BCUT2D eigenvalue weighted by Gasteiger charge is 1.99. The van der Waals surface area contributed by atoms with Gasteiger partial charge in [-0.15, -0.1) is 0 Å². The quantitative estimate of drug-likeness (QED) is 0.713. The van der Waals surface area contributed by atoms with Crippen LogP contribution in [-0.2, 0) is 6.54 Å². The number of nitrogens with one attached hydrogen (secondary N) is 2. The van der Waals surface area contributed by atoms with Gasteiger partial charge in [-0.3, -0.25) is 0 Å². The third-order valence-corrected chi connectivity index (χ3v) is 2.65. The molecule has 1 aromatic carbocycles. The van der Waals surface area contributed by atoms with Gasteiger partial charge in [-0.1, -0.05) is 19.9 Å². The summed E-state index contributed by atoms with van der Waals surface area (Å²) in [6, 6.07) is 4.94. The summed E-state index contributed by atoms with van der Waals surface area (Å²) in [6.45, 7) is 10.1. The zero-order valence-electron chi connectivity index (χ0n) is 11.0. The lowest BCUT2D eigenvalue weighted by molar-refractivity contribution is 0.535. The van der Waals surface area contributed by atoms with Gasteiger partial charge in [0.15, 0.2) is 0 Å². The molecular formula is C14H23FN2. The van der Waals surface area contributed by atoms with Crippen molar-refractivity contribution < 1.29 is 4.39 Å². The largest absolute Gasteiger partial charge is 0.315 e. The molecule has 17 heavy (non-hydrogen) atoms. The molecule has 0 saturated carbocycles. The Morgan fingerprint density at radius 1 is 1.18 bits per heavy atom. The normalized spacial score (nSPS) is 11.1. The minimum absolute atomic E-state index is 0.162. The first-order chi connectivity index (χ1) is 8.09. The average molecular weight is 238 g/mol. The number of halogens is 1. The van der Waals surface area contributed by atoms with Gasteiger partial charge in [0.25, 0.3) is 0 Å². The molecule has 0 unspecified atom stereocenters. The van der Waals surface area contributed by atoms with Gasteiger partial charge in [-0.05, 0) is 42.6 Å². The molecular weight excluding hydrogens is 215 g/mol. The molecule has 0 aliphatic carbocycles. The first-order valence-corrected chi connectivity index (χ1v) is 6.26. The first kappa shape index (κ1) is 14.1. The van der Waals surface area contributed by atoms with E-state index in [9.17, 15) is 4.39 Å². The van der Waals surface area contributed by atoms with Crippen molar-refractivity contribution in [1.82, 2.24) is 10.6 Å². The summed E-state index contributed by atoms with van der Waals surface area (Å²) in [6.07, 6.45) is 0. The lowest BCUT2D eigenvalue weighted by Gasteiger charge is -2.10. The van der Waals surface area contributed by atoms with E-state index >= 15 is 0 Å². The van der Waals surface area contributed by atoms with Gasteiger partial charge in [0.05, 0.1) is 0 Å². The van der Waals surface area contributed by atoms with Crippen LogP contribution >= 0.6 is 0 Å². The van der Waals surface area contributed by atoms with Crippen molar-refractivity contribution in [3.8, 4) is 0 Å². The number of hydrogen-bond acceptors (Lipinski definition) is 2. The Hall–Kier alpha value is -0.930. The van der Waals surface area contributed by atoms with Crippen molar-refractivity contribution in [2.45, 2.75) is 27.3 Å². The molecule has 0 radical (unpaired) electrons. The van der Waals surface area contributed by atoms with Crippen LogP contribution in [0.2, 0.25) is 0 Å². The molecule has 0 aliphatic heterocycles. The second-order valence-corrected chi connectivity index (χ2v) is 4.85. The van der Waals surface area contributed by atoms with E-state index in [0.29, 0.717) is 5.92 Å². The standard InChI is InChI=1S/C14H23FN2/c1-11(2)9-16-6-7-17-10-13-4-5-14(15)8-12(13)3/h4-5,8,11,16-17H,6-7,9-10H2,1-3H3. The maximum Gasteiger partial charge on any atom is 0.123 e. The molecule has 0 saturated heterocycles. The van der Waals surface area contributed by atoms with Crippen molar-refractivity contribution in [2.24, 2.45) is 5.92 Å². The molecule has 3 heteroatoms. The lowest BCUT2D eigenvalue weighted by atomic mass is 10.1. The second-order valence-electron chi connectivity index (χ2n) is 4.85. The number of aryl methyl sites for hydroxylation is 1. The molecule has 0 aliphatic rings. The summed E-state index contributed by atoms with van der Waals surface area (Å²) in [7, 11) is 0. The number of hydrogen-bond donors (Lipinski definition) is 2. The fourth-order valence-corrected chi connectivity index (χ4v) is 1.65. The molecule has 2 N–H and O–H groups in total. The Labute approximate surface area is 104 Å². The van der Waals surface area contributed by atoms with Crippen LogP contribution in [0.5, 0.6) is 0 Å². The van der Waals surface area contributed by atoms with E-state index in [0.717, 1.165) is 37.3 Å². The zero-order chi connectivity index (χ0) is 12.7. The van der Waals surface area contributed by atoms with Crippen LogP contribution in [0.4, 0.5) is 4.39 Å². The molecule has 0 heterocycles. The molecule has 0 fully saturated rings. The van der Waals surface area contributed by atoms with E-state index in [1.807, 2.05) is 13.0 Å². The van der Waals surface area contributed by atoms with Crippen LogP contribution in [0, 0.1) is 18.7 Å². The Morgan fingerprint density at radius 2 is 1.88 bits per heavy atom. The molecule has 2 nitrogen and oxygen atoms in total. The zero-order valence-corrected chi connectivity index (χ0v) is 11.0. The Morgan fingerprint density at radius 3 is 2.53 bits per heavy atom. The molecule has 1 rings (SSSR count). The molecule has 0 spiro atoms. The average Bonchev–Trinajstić information content (AvgIpc) is 2.25. The predicted molar refractivity (Wildman–Crippen MR) is 70.6 cm³/mol. The summed E-state index contributed by atoms with van der Waals surface area (Å²) < 4.78 is 12.9. The SMILES string of the molecule is Cc1cc(F)ccc1CNCCNCC(C)C. The van der Waals surface area contributed by atoms with Gasteiger partial charge in [-0.25, -0.2) is 4.39 Å². The molecule has 0 amide bonds. The van der Waals surface area contributed by atoms with E-state index in [1.54, 1.807) is 6.07 Å². The third kappa shape index (κ3) is 5.80. The highest BCUT2D eigenvalue weighted by molar-refractivity contribution is 5.26. The number of rotatable bonds is 7. The Kier molecular flexibility index (Phi) is 6.16. The molecule has 96 valence electrons. The van der Waals surface area contributed by atoms with Gasteiger partial charge < -0.3 is 10.6 Å². The third-order valence-electron chi connectivity index (χ3n) is 2.65. The van der Waals surface area contributed by atoms with Crippen molar-refractivity contribution >= 4 is 0 Å². The van der Waals surface area contributed by atoms with Gasteiger partial charge >= 0.3 is 0 Å². The predicted octanol–water partition coefficient (Wildman–Crippen LogP) is 2.47. The summed E-state index contributed by atoms with van der Waals surface area (Å²) in [5.74, 6) is 0.527. The highest BCUT2D eigenvalue weighted by atomic mass is 19.1. The summed E-state index contributed by atoms with van der Waals surface area (Å²) in [5.41, 5.74) is 2.17. The summed E-state index contributed by atoms with van der Waals surface area (Å²) in [5, 5.41) is 6.72. The smallest absolute Gasteiger partial charge is 0.123 e. The fraction of sp³-hybridized carbons (Fsp3) is 0.571. The van der Waals surface area contributed by atoms with E-state index < -0.39 is 0 Å². The van der Waals surface area contributed by atoms with Crippen LogP contribution in [0.25, 0.3) is 0 Å². The van der Waals surface area contributed by atoms with Crippen LogP contribution < -0.4 is 10.6 Å². The summed E-state index contributed by atoms with van der Waals surface area (Å²) >= 11 is 0. The lowest BCUT2D eigenvalue weighted by Crippen LogP contribution is -2.29. The maximum absolute atomic E-state index is 12.9. The van der Waals surface area contributed by atoms with Gasteiger partial charge in [0.1, 0.15) is 5.82 Å². The van der Waals surface area contributed by atoms with E-state index in [2.05, 4.69) is 24.5 Å². The van der Waals surface area contributed by atoms with Crippen LogP contribution in [-0.4, -0.2) is 19.6 Å². The molecule has 0 bridgehead atoms. The van der Waals surface area contributed by atoms with Gasteiger partial charge in [0, 0.05) is 19.6 Å². The highest BCUT2D eigenvalue weighted by Crippen LogP contribution is 2.09. The fourth-order valence-electron chi connectivity index (χ4n) is 1.65. The minimum atomic E-state index is -0.162. The Balaban J connectivity index is 2.18. The van der Waals surface area contributed by atoms with Crippen LogP contribution in [0.1, 0.15) is 25.0 Å². The second kappa shape index (κ2) is 7.41. The van der Waals surface area contributed by atoms with Crippen molar-refractivity contribution in [3.63, 3.8) is 0 Å². The molecule has 1 aromatic rings. The minimum Gasteiger partial charge on any atom is -0.315 e. The van der Waals surface area contributed by atoms with Crippen molar-refractivity contribution in [2.75, 3.05) is 19.6 Å². The van der Waals surface area contributed by atoms with E-state index in [-0.39, 0.29) is 5.82 Å². The monoisotopic (exact) mass is 238 g/mol. The van der Waals surface area contributed by atoms with Gasteiger partial charge in [-0.2, -0.15) is 0 Å². The van der Waals surface area contributed by atoms with Crippen LogP contribution in [0.3, 0.4) is 0 Å². The topological polar surface area (TPSA) is 24.1 Å². The molecule has 0 atom stereocenters. The van der Waals surface area contributed by atoms with Crippen molar-refractivity contribution in [3.05, 3.63) is 35.1 Å². The molecule has 0 aromatic heterocycles. The van der Waals surface area contributed by atoms with E-state index in [4.69, 9.17) is 0 Å². The maximum atomic E-state index is 12.9. The first-order valence-electron chi connectivity index (χ1n) is 6.26. The summed E-state index contributed by atoms with van der Waals surface area (Å²) in [4.78, 5) is 0.